The van der Waals surface area contributed by atoms with E-state index in [9.17, 15) is 0 Å². The summed E-state index contributed by atoms with van der Waals surface area (Å²) >= 11 is 0. The van der Waals surface area contributed by atoms with Gasteiger partial charge >= 0.3 is 0 Å². The Bertz CT molecular complexity index is 805. The zero-order chi connectivity index (χ0) is 15.0. The van der Waals surface area contributed by atoms with Gasteiger partial charge in [0.15, 0.2) is 0 Å². The molecule has 0 unspecified atom stereocenters. The molecule has 1 heterocycles. The monoisotopic (exact) mass is 281 g/mol. The Kier molecular flexibility index (Phi) is 3.29. The molecular weight excluding hydrogens is 262 g/mol. The lowest BCUT2D eigenvalue weighted by Gasteiger charge is -2.11. The first-order valence-corrected chi connectivity index (χ1v) is 7.04. The van der Waals surface area contributed by atoms with Crippen LogP contribution in [-0.4, -0.2) is 16.7 Å². The zero-order valence-corrected chi connectivity index (χ0v) is 12.6. The molecule has 108 valence electrons. The summed E-state index contributed by atoms with van der Waals surface area (Å²) in [7, 11) is 1.65. The second kappa shape index (κ2) is 5.13. The van der Waals surface area contributed by atoms with E-state index in [0.717, 1.165) is 34.7 Å². The van der Waals surface area contributed by atoms with Gasteiger partial charge in [-0.15, -0.1) is 0 Å². The number of hydrogen-bond acceptors (Lipinski definition) is 3. The van der Waals surface area contributed by atoms with Crippen LogP contribution in [0.4, 0.5) is 5.69 Å². The molecule has 4 nitrogen and oxygen atoms in total. The second-order valence-corrected chi connectivity index (χ2v) is 5.13. The fourth-order valence-corrected chi connectivity index (χ4v) is 2.66. The van der Waals surface area contributed by atoms with E-state index in [2.05, 4.69) is 36.6 Å². The molecule has 0 bridgehead atoms. The van der Waals surface area contributed by atoms with Gasteiger partial charge in [0.1, 0.15) is 11.6 Å². The molecule has 3 rings (SSSR count). The molecule has 0 aliphatic carbocycles. The van der Waals surface area contributed by atoms with E-state index in [1.807, 2.05) is 18.2 Å². The summed E-state index contributed by atoms with van der Waals surface area (Å²) in [6.45, 7) is 5.05. The number of fused-ring (bicyclic) bond motifs is 1. The molecule has 3 aromatic rings. The number of nitrogen functional groups attached to an aromatic ring is 1. The molecule has 0 saturated carbocycles. The molecule has 0 aliphatic rings. The molecule has 0 aliphatic heterocycles. The SMILES string of the molecule is CCn1c(-c2ccc(N)cc2OC)nc2cc(C)ccc21. The van der Waals surface area contributed by atoms with Gasteiger partial charge in [0, 0.05) is 18.3 Å². The van der Waals surface area contributed by atoms with Crippen LogP contribution in [0.3, 0.4) is 0 Å². The summed E-state index contributed by atoms with van der Waals surface area (Å²) in [5.41, 5.74) is 10.8. The summed E-state index contributed by atoms with van der Waals surface area (Å²) in [5.74, 6) is 1.66. The number of aryl methyl sites for hydroxylation is 2. The summed E-state index contributed by atoms with van der Waals surface area (Å²) in [6, 6.07) is 12.0. The first-order valence-electron chi connectivity index (χ1n) is 7.04. The maximum Gasteiger partial charge on any atom is 0.144 e. The maximum absolute atomic E-state index is 5.84. The number of nitrogens with two attached hydrogens (primary N) is 1. The van der Waals surface area contributed by atoms with Gasteiger partial charge in [0.2, 0.25) is 0 Å². The van der Waals surface area contributed by atoms with Crippen LogP contribution in [-0.2, 0) is 6.54 Å². The molecule has 0 saturated heterocycles. The van der Waals surface area contributed by atoms with Gasteiger partial charge in [-0.25, -0.2) is 4.98 Å². The van der Waals surface area contributed by atoms with Crippen molar-refractivity contribution in [3.05, 3.63) is 42.0 Å². The quantitative estimate of drug-likeness (QED) is 0.746. The Labute approximate surface area is 124 Å². The third kappa shape index (κ3) is 2.23. The Morgan fingerprint density at radius 1 is 1.19 bits per heavy atom. The maximum atomic E-state index is 5.84. The van der Waals surface area contributed by atoms with E-state index in [1.54, 1.807) is 7.11 Å². The molecule has 4 heteroatoms. The van der Waals surface area contributed by atoms with Gasteiger partial charge in [0.05, 0.1) is 23.7 Å². The van der Waals surface area contributed by atoms with Crippen LogP contribution in [0.15, 0.2) is 36.4 Å². The van der Waals surface area contributed by atoms with Crippen molar-refractivity contribution < 1.29 is 4.74 Å². The highest BCUT2D eigenvalue weighted by molar-refractivity contribution is 5.83. The lowest BCUT2D eigenvalue weighted by atomic mass is 10.1. The van der Waals surface area contributed by atoms with Crippen molar-refractivity contribution in [3.8, 4) is 17.1 Å². The summed E-state index contributed by atoms with van der Waals surface area (Å²) < 4.78 is 7.66. The predicted octanol–water partition coefficient (Wildman–Crippen LogP) is 3.62. The van der Waals surface area contributed by atoms with Gasteiger partial charge in [-0.05, 0) is 43.7 Å². The second-order valence-electron chi connectivity index (χ2n) is 5.13. The van der Waals surface area contributed by atoms with Crippen molar-refractivity contribution in [1.29, 1.82) is 0 Å². The molecule has 2 N–H and O–H groups in total. The van der Waals surface area contributed by atoms with Crippen molar-refractivity contribution in [1.82, 2.24) is 9.55 Å². The van der Waals surface area contributed by atoms with E-state index in [1.165, 1.54) is 5.56 Å². The minimum Gasteiger partial charge on any atom is -0.496 e. The average Bonchev–Trinajstić information content (AvgIpc) is 2.84. The number of nitrogens with zero attached hydrogens (tertiary/aromatic N) is 2. The van der Waals surface area contributed by atoms with Crippen LogP contribution in [0, 0.1) is 6.92 Å². The van der Waals surface area contributed by atoms with Crippen LogP contribution in [0.2, 0.25) is 0 Å². The molecule has 21 heavy (non-hydrogen) atoms. The molecule has 0 fully saturated rings. The van der Waals surface area contributed by atoms with Crippen LogP contribution < -0.4 is 10.5 Å². The first kappa shape index (κ1) is 13.5. The fourth-order valence-electron chi connectivity index (χ4n) is 2.66. The smallest absolute Gasteiger partial charge is 0.144 e. The predicted molar refractivity (Wildman–Crippen MR) is 86.5 cm³/mol. The fraction of sp³-hybridized carbons (Fsp3) is 0.235. The van der Waals surface area contributed by atoms with Crippen molar-refractivity contribution in [2.45, 2.75) is 20.4 Å². The molecule has 1 aromatic heterocycles. The number of imidazole rings is 1. The number of benzene rings is 2. The number of rotatable bonds is 3. The highest BCUT2D eigenvalue weighted by Crippen LogP contribution is 2.33. The van der Waals surface area contributed by atoms with Crippen molar-refractivity contribution in [2.24, 2.45) is 0 Å². The van der Waals surface area contributed by atoms with Gasteiger partial charge in [-0.3, -0.25) is 0 Å². The van der Waals surface area contributed by atoms with E-state index < -0.39 is 0 Å². The summed E-state index contributed by atoms with van der Waals surface area (Å²) in [6.07, 6.45) is 0. The van der Waals surface area contributed by atoms with Gasteiger partial charge in [-0.1, -0.05) is 6.07 Å². The summed E-state index contributed by atoms with van der Waals surface area (Å²) in [4.78, 5) is 4.80. The standard InChI is InChI=1S/C17H19N3O/c1-4-20-15-8-5-11(2)9-14(15)19-17(20)13-7-6-12(18)10-16(13)21-3/h5-10H,4,18H2,1-3H3. The van der Waals surface area contributed by atoms with E-state index >= 15 is 0 Å². The number of anilines is 1. The Hall–Kier alpha value is -2.49. The van der Waals surface area contributed by atoms with E-state index in [-0.39, 0.29) is 0 Å². The Morgan fingerprint density at radius 3 is 2.71 bits per heavy atom. The van der Waals surface area contributed by atoms with Crippen LogP contribution in [0.1, 0.15) is 12.5 Å². The zero-order valence-electron chi connectivity index (χ0n) is 12.6. The molecule has 0 amide bonds. The summed E-state index contributed by atoms with van der Waals surface area (Å²) in [5, 5.41) is 0. The van der Waals surface area contributed by atoms with Gasteiger partial charge in [-0.2, -0.15) is 0 Å². The van der Waals surface area contributed by atoms with Gasteiger partial charge < -0.3 is 15.0 Å². The lowest BCUT2D eigenvalue weighted by Crippen LogP contribution is -1.99. The van der Waals surface area contributed by atoms with Crippen LogP contribution in [0.25, 0.3) is 22.4 Å². The minimum absolute atomic E-state index is 0.686. The molecular formula is C17H19N3O. The van der Waals surface area contributed by atoms with Crippen LogP contribution >= 0.6 is 0 Å². The Balaban J connectivity index is 2.29. The van der Waals surface area contributed by atoms with Crippen molar-refractivity contribution >= 4 is 16.7 Å². The van der Waals surface area contributed by atoms with Crippen LogP contribution in [0.5, 0.6) is 5.75 Å². The minimum atomic E-state index is 0.686. The van der Waals surface area contributed by atoms with E-state index in [0.29, 0.717) is 5.69 Å². The molecule has 0 atom stereocenters. The van der Waals surface area contributed by atoms with Crippen molar-refractivity contribution in [2.75, 3.05) is 12.8 Å². The number of aromatic nitrogens is 2. The number of hydrogen-bond donors (Lipinski definition) is 1. The lowest BCUT2D eigenvalue weighted by molar-refractivity contribution is 0.416. The van der Waals surface area contributed by atoms with Crippen molar-refractivity contribution in [3.63, 3.8) is 0 Å². The highest BCUT2D eigenvalue weighted by Gasteiger charge is 2.15. The first-order chi connectivity index (χ1) is 10.1. The largest absolute Gasteiger partial charge is 0.496 e. The number of methoxy groups -OCH3 is 1. The molecule has 2 aromatic carbocycles. The molecule has 0 spiro atoms. The Morgan fingerprint density at radius 2 is 2.00 bits per heavy atom. The number of ether oxygens (including phenoxy) is 1. The third-order valence-corrected chi connectivity index (χ3v) is 3.69. The third-order valence-electron chi connectivity index (χ3n) is 3.69. The molecule has 0 radical (unpaired) electrons. The van der Waals surface area contributed by atoms with Gasteiger partial charge in [0.25, 0.3) is 0 Å². The van der Waals surface area contributed by atoms with E-state index in [4.69, 9.17) is 15.5 Å². The highest BCUT2D eigenvalue weighted by atomic mass is 16.5. The normalized spacial score (nSPS) is 11.0. The topological polar surface area (TPSA) is 53.1 Å². The average molecular weight is 281 g/mol.